The van der Waals surface area contributed by atoms with Gasteiger partial charge in [-0.15, -0.1) is 0 Å². The normalized spacial score (nSPS) is 11.4. The van der Waals surface area contributed by atoms with Crippen molar-refractivity contribution in [2.75, 3.05) is 0 Å². The van der Waals surface area contributed by atoms with Crippen molar-refractivity contribution in [2.24, 2.45) is 0 Å². The van der Waals surface area contributed by atoms with Crippen LogP contribution in [0.1, 0.15) is 27.8 Å². The fourth-order valence-corrected chi connectivity index (χ4v) is 4.90. The third-order valence-corrected chi connectivity index (χ3v) is 7.12. The molecule has 0 aliphatic carbocycles. The summed E-state index contributed by atoms with van der Waals surface area (Å²) in [5.74, 6) is 0. The quantitative estimate of drug-likeness (QED) is 0.187. The Kier molecular flexibility index (Phi) is 7.37. The van der Waals surface area contributed by atoms with Gasteiger partial charge in [0.15, 0.2) is 0 Å². The van der Waals surface area contributed by atoms with Gasteiger partial charge < -0.3 is 4.57 Å². The Balaban J connectivity index is 1.32. The molecule has 0 saturated carbocycles. The monoisotopic (exact) mass is 513 g/mol. The Morgan fingerprint density at radius 3 is 1.15 bits per heavy atom. The van der Waals surface area contributed by atoms with E-state index in [1.165, 1.54) is 50.3 Å². The summed E-state index contributed by atoms with van der Waals surface area (Å²) in [6.07, 6.45) is 8.64. The molecule has 0 saturated heterocycles. The Bertz CT molecular complexity index is 1620. The van der Waals surface area contributed by atoms with E-state index in [1.54, 1.807) is 0 Å². The summed E-state index contributed by atoms with van der Waals surface area (Å²) in [6.45, 7) is 2.13. The molecule has 5 aromatic carbocycles. The fraction of sp³-hybridized carbons (Fsp3) is 0.0256. The Morgan fingerprint density at radius 2 is 0.750 bits per heavy atom. The van der Waals surface area contributed by atoms with Crippen LogP contribution in [0.3, 0.4) is 0 Å². The molecule has 1 nitrogen and oxygen atoms in total. The predicted octanol–water partition coefficient (Wildman–Crippen LogP) is 10.5. The summed E-state index contributed by atoms with van der Waals surface area (Å²) >= 11 is 0. The molecule has 6 aromatic rings. The summed E-state index contributed by atoms with van der Waals surface area (Å²) in [6, 6.07) is 51.7. The highest BCUT2D eigenvalue weighted by Crippen LogP contribution is 2.33. The fourth-order valence-electron chi connectivity index (χ4n) is 4.90. The van der Waals surface area contributed by atoms with Gasteiger partial charge >= 0.3 is 0 Å². The lowest BCUT2D eigenvalue weighted by atomic mass is 10.1. The molecule has 0 aliphatic heterocycles. The maximum atomic E-state index is 2.36. The molecule has 0 atom stereocenters. The van der Waals surface area contributed by atoms with Gasteiger partial charge in [0.1, 0.15) is 0 Å². The average Bonchev–Trinajstić information content (AvgIpc) is 3.46. The molecule has 1 aromatic heterocycles. The van der Waals surface area contributed by atoms with Gasteiger partial charge in [0.05, 0.1) is 11.4 Å². The summed E-state index contributed by atoms with van der Waals surface area (Å²) in [4.78, 5) is 0. The number of rotatable bonds is 7. The molecule has 0 unspecified atom stereocenters. The van der Waals surface area contributed by atoms with Crippen LogP contribution in [0.25, 0.3) is 52.5 Å². The van der Waals surface area contributed by atoms with Crippen LogP contribution in [0.15, 0.2) is 146 Å². The van der Waals surface area contributed by atoms with Gasteiger partial charge in [-0.3, -0.25) is 0 Å². The van der Waals surface area contributed by atoms with Crippen LogP contribution in [-0.4, -0.2) is 4.57 Å². The van der Waals surface area contributed by atoms with Crippen LogP contribution >= 0.6 is 0 Å². The van der Waals surface area contributed by atoms with E-state index in [0.717, 1.165) is 5.69 Å². The molecule has 1 heteroatoms. The summed E-state index contributed by atoms with van der Waals surface area (Å²) in [5.41, 5.74) is 11.9. The summed E-state index contributed by atoms with van der Waals surface area (Å²) < 4.78 is 2.36. The summed E-state index contributed by atoms with van der Waals surface area (Å²) in [5, 5.41) is 0. The minimum absolute atomic E-state index is 1.15. The maximum absolute atomic E-state index is 2.36. The summed E-state index contributed by atoms with van der Waals surface area (Å²) in [7, 11) is 0. The first-order valence-electron chi connectivity index (χ1n) is 13.7. The molecule has 40 heavy (non-hydrogen) atoms. The van der Waals surface area contributed by atoms with E-state index < -0.39 is 0 Å². The lowest BCUT2D eigenvalue weighted by Crippen LogP contribution is -1.99. The number of aromatic nitrogens is 1. The second kappa shape index (κ2) is 11.7. The first kappa shape index (κ1) is 25.2. The lowest BCUT2D eigenvalue weighted by Gasteiger charge is -2.15. The number of nitrogens with zero attached hydrogens (tertiary/aromatic N) is 1. The molecule has 0 aliphatic rings. The van der Waals surface area contributed by atoms with Crippen molar-refractivity contribution in [3.05, 3.63) is 173 Å². The van der Waals surface area contributed by atoms with E-state index in [9.17, 15) is 0 Å². The molecule has 0 spiro atoms. The van der Waals surface area contributed by atoms with Crippen molar-refractivity contribution in [3.63, 3.8) is 0 Å². The van der Waals surface area contributed by atoms with Crippen LogP contribution in [0.4, 0.5) is 0 Å². The van der Waals surface area contributed by atoms with E-state index in [0.29, 0.717) is 0 Å². The Labute approximate surface area is 237 Å². The largest absolute Gasteiger partial charge is 0.309 e. The molecular formula is C39H31N. The smallest absolute Gasteiger partial charge is 0.0535 e. The van der Waals surface area contributed by atoms with Crippen molar-refractivity contribution in [3.8, 4) is 28.2 Å². The molecule has 0 amide bonds. The Hall–Kier alpha value is -5.14. The van der Waals surface area contributed by atoms with Gasteiger partial charge in [0, 0.05) is 5.69 Å². The molecule has 192 valence electrons. The number of benzene rings is 5. The van der Waals surface area contributed by atoms with Gasteiger partial charge in [-0.05, 0) is 64.6 Å². The first-order valence-corrected chi connectivity index (χ1v) is 13.7. The molecule has 1 heterocycles. The highest BCUT2D eigenvalue weighted by Gasteiger charge is 2.14. The van der Waals surface area contributed by atoms with E-state index >= 15 is 0 Å². The zero-order valence-electron chi connectivity index (χ0n) is 22.6. The SMILES string of the molecule is Cc1ccc(-n2c(-c3ccc(C=Cc4ccccc4)cc3)ccc2-c2ccc(C=Cc3ccccc3)cc2)cc1. The van der Waals surface area contributed by atoms with Crippen LogP contribution < -0.4 is 0 Å². The van der Waals surface area contributed by atoms with Crippen molar-refractivity contribution < 1.29 is 0 Å². The minimum atomic E-state index is 1.15. The average molecular weight is 514 g/mol. The minimum Gasteiger partial charge on any atom is -0.309 e. The molecular weight excluding hydrogens is 482 g/mol. The van der Waals surface area contributed by atoms with E-state index in [1.807, 2.05) is 12.1 Å². The third kappa shape index (κ3) is 5.80. The van der Waals surface area contributed by atoms with Crippen molar-refractivity contribution >= 4 is 24.3 Å². The first-order chi connectivity index (χ1) is 19.7. The standard InChI is InChI=1S/C39H31N/c1-30-12-26-37(27-13-30)40-38(35-22-18-33(19-23-35)16-14-31-8-4-2-5-9-31)28-29-39(40)36-24-20-34(21-25-36)17-15-32-10-6-3-7-11-32/h2-29H,1H3. The van der Waals surface area contributed by atoms with Crippen molar-refractivity contribution in [2.45, 2.75) is 6.92 Å². The van der Waals surface area contributed by atoms with Crippen LogP contribution in [-0.2, 0) is 0 Å². The van der Waals surface area contributed by atoms with Crippen molar-refractivity contribution in [1.82, 2.24) is 4.57 Å². The van der Waals surface area contributed by atoms with E-state index in [-0.39, 0.29) is 0 Å². The molecule has 0 radical (unpaired) electrons. The molecule has 6 rings (SSSR count). The number of hydrogen-bond acceptors (Lipinski definition) is 0. The van der Waals surface area contributed by atoms with Gasteiger partial charge in [-0.2, -0.15) is 0 Å². The molecule has 0 N–H and O–H groups in total. The Morgan fingerprint density at radius 1 is 0.375 bits per heavy atom. The molecule has 0 fully saturated rings. The zero-order chi connectivity index (χ0) is 27.1. The van der Waals surface area contributed by atoms with Gasteiger partial charge in [-0.1, -0.05) is 151 Å². The van der Waals surface area contributed by atoms with Crippen LogP contribution in [0.2, 0.25) is 0 Å². The van der Waals surface area contributed by atoms with Gasteiger partial charge in [0.2, 0.25) is 0 Å². The van der Waals surface area contributed by atoms with Gasteiger partial charge in [0.25, 0.3) is 0 Å². The van der Waals surface area contributed by atoms with Crippen LogP contribution in [0.5, 0.6) is 0 Å². The number of hydrogen-bond donors (Lipinski definition) is 0. The lowest BCUT2D eigenvalue weighted by molar-refractivity contribution is 1.09. The predicted molar refractivity (Wildman–Crippen MR) is 172 cm³/mol. The molecule has 0 bridgehead atoms. The highest BCUT2D eigenvalue weighted by molar-refractivity contribution is 5.77. The van der Waals surface area contributed by atoms with E-state index in [2.05, 4.69) is 169 Å². The second-order valence-corrected chi connectivity index (χ2v) is 10.0. The highest BCUT2D eigenvalue weighted by atomic mass is 15.0. The third-order valence-electron chi connectivity index (χ3n) is 7.12. The topological polar surface area (TPSA) is 4.93 Å². The van der Waals surface area contributed by atoms with E-state index in [4.69, 9.17) is 0 Å². The van der Waals surface area contributed by atoms with Crippen LogP contribution in [0, 0.1) is 6.92 Å². The zero-order valence-corrected chi connectivity index (χ0v) is 22.6. The second-order valence-electron chi connectivity index (χ2n) is 10.0. The number of aryl methyl sites for hydroxylation is 1. The maximum Gasteiger partial charge on any atom is 0.0535 e. The van der Waals surface area contributed by atoms with Gasteiger partial charge in [-0.25, -0.2) is 0 Å². The van der Waals surface area contributed by atoms with Crippen molar-refractivity contribution in [1.29, 1.82) is 0 Å².